The molecule has 1 unspecified atom stereocenters. The van der Waals surface area contributed by atoms with Crippen molar-refractivity contribution >= 4 is 17.3 Å². The second kappa shape index (κ2) is 9.59. The van der Waals surface area contributed by atoms with Gasteiger partial charge in [0.2, 0.25) is 0 Å². The Hall–Kier alpha value is -2.05. The minimum Gasteiger partial charge on any atom is -0.497 e. The van der Waals surface area contributed by atoms with E-state index in [1.165, 1.54) is 23.3 Å². The molecule has 26 heavy (non-hydrogen) atoms. The van der Waals surface area contributed by atoms with E-state index in [0.29, 0.717) is 6.04 Å². The van der Waals surface area contributed by atoms with Crippen molar-refractivity contribution in [1.82, 2.24) is 15.5 Å². The van der Waals surface area contributed by atoms with Crippen LogP contribution in [0.25, 0.3) is 0 Å². The lowest BCUT2D eigenvalue weighted by Crippen LogP contribution is -2.42. The normalized spacial score (nSPS) is 16.5. The first kappa shape index (κ1) is 18.7. The van der Waals surface area contributed by atoms with Crippen molar-refractivity contribution in [2.45, 2.75) is 25.4 Å². The standard InChI is InChI=1S/C20H28N4OS/c1-21-20(22-14-18-9-6-12-26-18)23-15-19(24-10-3-4-11-24)16-7-5-8-17(13-16)25-2/h5-9,12-13,19H,3-4,10-11,14-15H2,1-2H3,(H2,21,22,23). The number of ether oxygens (including phenoxy) is 1. The van der Waals surface area contributed by atoms with Crippen LogP contribution in [-0.2, 0) is 6.54 Å². The van der Waals surface area contributed by atoms with Gasteiger partial charge < -0.3 is 15.4 Å². The summed E-state index contributed by atoms with van der Waals surface area (Å²) in [6.07, 6.45) is 2.54. The molecule has 0 saturated carbocycles. The van der Waals surface area contributed by atoms with Gasteiger partial charge in [-0.25, -0.2) is 0 Å². The zero-order chi connectivity index (χ0) is 18.2. The second-order valence-electron chi connectivity index (χ2n) is 6.42. The van der Waals surface area contributed by atoms with Crippen molar-refractivity contribution in [3.8, 4) is 5.75 Å². The molecule has 0 bridgehead atoms. The maximum absolute atomic E-state index is 5.42. The molecule has 1 aromatic carbocycles. The van der Waals surface area contributed by atoms with Gasteiger partial charge in [-0.3, -0.25) is 9.89 Å². The highest BCUT2D eigenvalue weighted by atomic mass is 32.1. The number of hydrogen-bond acceptors (Lipinski definition) is 4. The lowest BCUT2D eigenvalue weighted by atomic mass is 10.1. The molecule has 1 saturated heterocycles. The van der Waals surface area contributed by atoms with Crippen molar-refractivity contribution < 1.29 is 4.74 Å². The van der Waals surface area contributed by atoms with E-state index < -0.39 is 0 Å². The maximum Gasteiger partial charge on any atom is 0.191 e. The van der Waals surface area contributed by atoms with Crippen LogP contribution >= 0.6 is 11.3 Å². The van der Waals surface area contributed by atoms with Crippen molar-refractivity contribution in [2.24, 2.45) is 4.99 Å². The Kier molecular flexibility index (Phi) is 6.91. The molecule has 1 aliphatic rings. The third kappa shape index (κ3) is 4.99. The fourth-order valence-corrected chi connectivity index (χ4v) is 4.00. The van der Waals surface area contributed by atoms with Crippen LogP contribution in [0.3, 0.4) is 0 Å². The first-order chi connectivity index (χ1) is 12.8. The van der Waals surface area contributed by atoms with E-state index in [1.54, 1.807) is 18.4 Å². The SMILES string of the molecule is CN=C(NCc1cccs1)NCC(c1cccc(OC)c1)N1CCCC1. The van der Waals surface area contributed by atoms with Gasteiger partial charge in [0.1, 0.15) is 5.75 Å². The van der Waals surface area contributed by atoms with Crippen LogP contribution < -0.4 is 15.4 Å². The van der Waals surface area contributed by atoms with Gasteiger partial charge in [-0.2, -0.15) is 0 Å². The van der Waals surface area contributed by atoms with Crippen molar-refractivity contribution in [3.63, 3.8) is 0 Å². The molecular weight excluding hydrogens is 344 g/mol. The van der Waals surface area contributed by atoms with E-state index in [-0.39, 0.29) is 0 Å². The van der Waals surface area contributed by atoms with Crippen LogP contribution in [0.15, 0.2) is 46.8 Å². The number of rotatable bonds is 7. The summed E-state index contributed by atoms with van der Waals surface area (Å²) in [7, 11) is 3.54. The summed E-state index contributed by atoms with van der Waals surface area (Å²) in [5.41, 5.74) is 1.28. The van der Waals surface area contributed by atoms with Gasteiger partial charge in [-0.1, -0.05) is 18.2 Å². The number of methoxy groups -OCH3 is 1. The molecule has 1 aliphatic heterocycles. The highest BCUT2D eigenvalue weighted by Gasteiger charge is 2.24. The molecule has 0 spiro atoms. The van der Waals surface area contributed by atoms with Gasteiger partial charge in [-0.15, -0.1) is 11.3 Å². The first-order valence-corrected chi connectivity index (χ1v) is 10.0. The zero-order valence-electron chi connectivity index (χ0n) is 15.6. The molecule has 2 N–H and O–H groups in total. The summed E-state index contributed by atoms with van der Waals surface area (Å²) < 4.78 is 5.42. The van der Waals surface area contributed by atoms with Crippen LogP contribution in [0, 0.1) is 0 Å². The Morgan fingerprint density at radius 3 is 2.77 bits per heavy atom. The highest BCUT2D eigenvalue weighted by molar-refractivity contribution is 7.09. The number of hydrogen-bond donors (Lipinski definition) is 2. The van der Waals surface area contributed by atoms with Crippen molar-refractivity contribution in [3.05, 3.63) is 52.2 Å². The van der Waals surface area contributed by atoms with E-state index in [4.69, 9.17) is 4.74 Å². The van der Waals surface area contributed by atoms with Crippen molar-refractivity contribution in [1.29, 1.82) is 0 Å². The lowest BCUT2D eigenvalue weighted by molar-refractivity contribution is 0.245. The summed E-state index contributed by atoms with van der Waals surface area (Å²) in [6.45, 7) is 3.90. The van der Waals surface area contributed by atoms with Gasteiger partial charge >= 0.3 is 0 Å². The predicted octanol–water partition coefficient (Wildman–Crippen LogP) is 3.26. The molecule has 0 aliphatic carbocycles. The van der Waals surface area contributed by atoms with Crippen LogP contribution in [0.4, 0.5) is 0 Å². The number of thiophene rings is 1. The van der Waals surface area contributed by atoms with E-state index in [9.17, 15) is 0 Å². The Balaban J connectivity index is 1.64. The van der Waals surface area contributed by atoms with Crippen molar-refractivity contribution in [2.75, 3.05) is 33.8 Å². The minimum atomic E-state index is 0.313. The maximum atomic E-state index is 5.42. The van der Waals surface area contributed by atoms with Gasteiger partial charge in [0.05, 0.1) is 19.7 Å². The van der Waals surface area contributed by atoms with E-state index >= 15 is 0 Å². The lowest BCUT2D eigenvalue weighted by Gasteiger charge is -2.29. The summed E-state index contributed by atoms with van der Waals surface area (Å²) >= 11 is 1.75. The number of guanidine groups is 1. The summed E-state index contributed by atoms with van der Waals surface area (Å²) in [5, 5.41) is 9.00. The average molecular weight is 373 g/mol. The topological polar surface area (TPSA) is 48.9 Å². The largest absolute Gasteiger partial charge is 0.497 e. The van der Waals surface area contributed by atoms with Gasteiger partial charge in [0.15, 0.2) is 5.96 Å². The van der Waals surface area contributed by atoms with E-state index in [1.807, 2.05) is 13.1 Å². The molecule has 2 aromatic rings. The number of nitrogens with zero attached hydrogens (tertiary/aromatic N) is 2. The fraction of sp³-hybridized carbons (Fsp3) is 0.450. The highest BCUT2D eigenvalue weighted by Crippen LogP contribution is 2.27. The number of nitrogens with one attached hydrogen (secondary N) is 2. The Labute approximate surface area is 160 Å². The molecule has 1 fully saturated rings. The summed E-state index contributed by atoms with van der Waals surface area (Å²) in [6, 6.07) is 12.9. The zero-order valence-corrected chi connectivity index (χ0v) is 16.4. The molecule has 140 valence electrons. The van der Waals surface area contributed by atoms with Crippen LogP contribution in [0.2, 0.25) is 0 Å². The molecule has 2 heterocycles. The smallest absolute Gasteiger partial charge is 0.191 e. The Morgan fingerprint density at radius 2 is 2.08 bits per heavy atom. The summed E-state index contributed by atoms with van der Waals surface area (Å²) in [5.74, 6) is 1.75. The Bertz CT molecular complexity index is 696. The number of benzene rings is 1. The second-order valence-corrected chi connectivity index (χ2v) is 7.45. The van der Waals surface area contributed by atoms with Crippen LogP contribution in [-0.4, -0.2) is 44.7 Å². The summed E-state index contributed by atoms with van der Waals surface area (Å²) in [4.78, 5) is 8.22. The monoisotopic (exact) mass is 372 g/mol. The van der Waals surface area contributed by atoms with Crippen LogP contribution in [0.1, 0.15) is 29.3 Å². The quantitative estimate of drug-likeness (QED) is 0.579. The fourth-order valence-electron chi connectivity index (χ4n) is 3.36. The third-order valence-electron chi connectivity index (χ3n) is 4.76. The molecule has 5 nitrogen and oxygen atoms in total. The van der Waals surface area contributed by atoms with Crippen LogP contribution in [0.5, 0.6) is 5.75 Å². The minimum absolute atomic E-state index is 0.313. The molecule has 3 rings (SSSR count). The first-order valence-electron chi connectivity index (χ1n) is 9.15. The average Bonchev–Trinajstić information content (AvgIpc) is 3.38. The van der Waals surface area contributed by atoms with E-state index in [2.05, 4.69) is 56.2 Å². The molecule has 1 atom stereocenters. The van der Waals surface area contributed by atoms with Gasteiger partial charge in [0.25, 0.3) is 0 Å². The molecule has 0 radical (unpaired) electrons. The predicted molar refractivity (Wildman–Crippen MR) is 109 cm³/mol. The molecular formula is C20H28N4OS. The number of likely N-dealkylation sites (tertiary alicyclic amines) is 1. The van der Waals surface area contributed by atoms with Gasteiger partial charge in [0, 0.05) is 18.5 Å². The van der Waals surface area contributed by atoms with Gasteiger partial charge in [-0.05, 0) is 55.1 Å². The molecule has 1 aromatic heterocycles. The molecule has 6 heteroatoms. The van der Waals surface area contributed by atoms with E-state index in [0.717, 1.165) is 37.9 Å². The molecule has 0 amide bonds. The number of aliphatic imine (C=N–C) groups is 1. The Morgan fingerprint density at radius 1 is 1.23 bits per heavy atom. The third-order valence-corrected chi connectivity index (χ3v) is 5.63.